The first-order chi connectivity index (χ1) is 12.1. The Morgan fingerprint density at radius 1 is 1.31 bits per heavy atom. The van der Waals surface area contributed by atoms with Gasteiger partial charge in [-0.05, 0) is 26.0 Å². The normalized spacial score (nSPS) is 12.5. The van der Waals surface area contributed by atoms with Gasteiger partial charge in [0.05, 0.1) is 11.3 Å². The summed E-state index contributed by atoms with van der Waals surface area (Å²) in [6.45, 7) is 2.48. The first kappa shape index (κ1) is 19.7. The number of rotatable bonds is 5. The first-order valence-corrected chi connectivity index (χ1v) is 8.29. The van der Waals surface area contributed by atoms with Crippen molar-refractivity contribution in [2.45, 2.75) is 32.7 Å². The maximum absolute atomic E-state index is 12.9. The van der Waals surface area contributed by atoms with Gasteiger partial charge in [-0.3, -0.25) is 19.0 Å². The molecule has 2 aromatic rings. The Bertz CT molecular complexity index is 873. The minimum atomic E-state index is -4.64. The van der Waals surface area contributed by atoms with E-state index in [0.29, 0.717) is 5.69 Å². The van der Waals surface area contributed by atoms with E-state index in [1.165, 1.54) is 23.6 Å². The van der Waals surface area contributed by atoms with Crippen LogP contribution in [0, 0.1) is 6.92 Å². The number of esters is 1. The molecule has 0 bridgehead atoms. The van der Waals surface area contributed by atoms with Crippen LogP contribution in [0.25, 0.3) is 0 Å². The Morgan fingerprint density at radius 2 is 1.96 bits per heavy atom. The fraction of sp³-hybridized carbons (Fsp3) is 0.312. The molecule has 0 spiro atoms. The molecule has 10 heteroatoms. The second-order valence-electron chi connectivity index (χ2n) is 5.39. The molecule has 0 radical (unpaired) electrons. The Labute approximate surface area is 150 Å². The lowest BCUT2D eigenvalue weighted by Crippen LogP contribution is -2.33. The predicted octanol–water partition coefficient (Wildman–Crippen LogP) is 2.81. The van der Waals surface area contributed by atoms with E-state index in [2.05, 4.69) is 5.32 Å². The van der Waals surface area contributed by atoms with Crippen LogP contribution >= 0.6 is 11.3 Å². The molecule has 0 aliphatic heterocycles. The molecule has 0 saturated heterocycles. The fourth-order valence-electron chi connectivity index (χ4n) is 2.09. The number of hydrogen-bond acceptors (Lipinski definition) is 5. The van der Waals surface area contributed by atoms with Gasteiger partial charge in [-0.15, -0.1) is 0 Å². The lowest BCUT2D eigenvalue weighted by atomic mass is 10.1. The Kier molecular flexibility index (Phi) is 5.86. The molecule has 0 unspecified atom stereocenters. The van der Waals surface area contributed by atoms with E-state index in [9.17, 15) is 27.6 Å². The maximum Gasteiger partial charge on any atom is 0.418 e. The SMILES string of the molecule is Cc1csc(=O)n1CC(=O)O[C@H](C)C(=O)Nc1ccccc1C(F)(F)F. The lowest BCUT2D eigenvalue weighted by Gasteiger charge is -2.17. The van der Waals surface area contributed by atoms with Gasteiger partial charge >= 0.3 is 17.0 Å². The van der Waals surface area contributed by atoms with Crippen LogP contribution in [-0.4, -0.2) is 22.5 Å². The summed E-state index contributed by atoms with van der Waals surface area (Å²) in [6, 6.07) is 4.47. The van der Waals surface area contributed by atoms with Crippen LogP contribution in [0.3, 0.4) is 0 Å². The molecule has 1 atom stereocenters. The first-order valence-electron chi connectivity index (χ1n) is 7.41. The quantitative estimate of drug-likeness (QED) is 0.799. The van der Waals surface area contributed by atoms with Crippen molar-refractivity contribution in [3.05, 3.63) is 50.6 Å². The number of thiazole rings is 1. The highest BCUT2D eigenvalue weighted by atomic mass is 32.1. The minimum Gasteiger partial charge on any atom is -0.451 e. The number of amides is 1. The van der Waals surface area contributed by atoms with Gasteiger partial charge in [0.25, 0.3) is 5.91 Å². The number of aromatic nitrogens is 1. The molecule has 2 rings (SSSR count). The van der Waals surface area contributed by atoms with Crippen LogP contribution in [0.5, 0.6) is 0 Å². The Balaban J connectivity index is 2.02. The zero-order valence-corrected chi connectivity index (χ0v) is 14.6. The molecule has 1 N–H and O–H groups in total. The number of carbonyl (C=O) groups excluding carboxylic acids is 2. The highest BCUT2D eigenvalue weighted by Gasteiger charge is 2.34. The van der Waals surface area contributed by atoms with E-state index in [1.54, 1.807) is 12.3 Å². The highest BCUT2D eigenvalue weighted by molar-refractivity contribution is 7.07. The molecule has 0 aliphatic carbocycles. The number of aryl methyl sites for hydroxylation is 1. The Morgan fingerprint density at radius 3 is 2.54 bits per heavy atom. The summed E-state index contributed by atoms with van der Waals surface area (Å²) in [5.41, 5.74) is -0.877. The van der Waals surface area contributed by atoms with Crippen LogP contribution < -0.4 is 10.2 Å². The van der Waals surface area contributed by atoms with E-state index in [1.807, 2.05) is 0 Å². The summed E-state index contributed by atoms with van der Waals surface area (Å²) in [6.07, 6.45) is -5.97. The zero-order chi connectivity index (χ0) is 19.5. The van der Waals surface area contributed by atoms with Crippen LogP contribution in [0.15, 0.2) is 34.4 Å². The number of anilines is 1. The minimum absolute atomic E-state index is 0.351. The molecule has 0 fully saturated rings. The zero-order valence-electron chi connectivity index (χ0n) is 13.8. The van der Waals surface area contributed by atoms with Crippen molar-refractivity contribution in [1.29, 1.82) is 0 Å². The van der Waals surface area contributed by atoms with Gasteiger partial charge in [-0.1, -0.05) is 23.5 Å². The van der Waals surface area contributed by atoms with Crippen LogP contribution in [0.1, 0.15) is 18.2 Å². The summed E-state index contributed by atoms with van der Waals surface area (Å²) >= 11 is 0.918. The van der Waals surface area contributed by atoms with Crippen LogP contribution in [0.2, 0.25) is 0 Å². The third-order valence-electron chi connectivity index (χ3n) is 3.43. The molecule has 1 heterocycles. The van der Waals surface area contributed by atoms with Gasteiger partial charge in [-0.2, -0.15) is 13.2 Å². The molecule has 1 aromatic heterocycles. The van der Waals surface area contributed by atoms with Crippen molar-refractivity contribution in [3.63, 3.8) is 0 Å². The number of carbonyl (C=O) groups is 2. The van der Waals surface area contributed by atoms with E-state index < -0.39 is 35.4 Å². The van der Waals surface area contributed by atoms with Gasteiger partial charge < -0.3 is 10.1 Å². The van der Waals surface area contributed by atoms with Crippen molar-refractivity contribution >= 4 is 28.9 Å². The number of alkyl halides is 3. The Hall–Kier alpha value is -2.62. The van der Waals surface area contributed by atoms with Gasteiger partial charge in [0, 0.05) is 11.1 Å². The third kappa shape index (κ3) is 4.72. The van der Waals surface area contributed by atoms with E-state index in [4.69, 9.17) is 4.74 Å². The number of ether oxygens (including phenoxy) is 1. The number of nitrogens with zero attached hydrogens (tertiary/aromatic N) is 1. The summed E-state index contributed by atoms with van der Waals surface area (Å²) in [7, 11) is 0. The molecule has 1 aromatic carbocycles. The van der Waals surface area contributed by atoms with Crippen LogP contribution in [-0.2, 0) is 27.0 Å². The lowest BCUT2D eigenvalue weighted by molar-refractivity contribution is -0.153. The van der Waals surface area contributed by atoms with Crippen molar-refractivity contribution in [3.8, 4) is 0 Å². The fourth-order valence-corrected chi connectivity index (χ4v) is 2.82. The highest BCUT2D eigenvalue weighted by Crippen LogP contribution is 2.34. The van der Waals surface area contributed by atoms with Gasteiger partial charge in [-0.25, -0.2) is 0 Å². The van der Waals surface area contributed by atoms with E-state index in [0.717, 1.165) is 23.5 Å². The monoisotopic (exact) mass is 388 g/mol. The van der Waals surface area contributed by atoms with Crippen molar-refractivity contribution in [2.75, 3.05) is 5.32 Å². The maximum atomic E-state index is 12.9. The third-order valence-corrected chi connectivity index (χ3v) is 4.31. The smallest absolute Gasteiger partial charge is 0.418 e. The van der Waals surface area contributed by atoms with Gasteiger partial charge in [0.1, 0.15) is 6.54 Å². The molecule has 0 aliphatic rings. The molecular formula is C16H15F3N2O4S. The number of benzene rings is 1. The summed E-state index contributed by atoms with van der Waals surface area (Å²) in [5, 5.41) is 3.67. The number of halogens is 3. The second-order valence-corrected chi connectivity index (χ2v) is 6.21. The van der Waals surface area contributed by atoms with E-state index in [-0.39, 0.29) is 11.4 Å². The summed E-state index contributed by atoms with van der Waals surface area (Å²) in [4.78, 5) is 35.1. The van der Waals surface area contributed by atoms with Crippen LogP contribution in [0.4, 0.5) is 18.9 Å². The van der Waals surface area contributed by atoms with Crippen molar-refractivity contribution < 1.29 is 27.5 Å². The van der Waals surface area contributed by atoms with Crippen molar-refractivity contribution in [2.24, 2.45) is 0 Å². The predicted molar refractivity (Wildman–Crippen MR) is 88.9 cm³/mol. The van der Waals surface area contributed by atoms with E-state index >= 15 is 0 Å². The largest absolute Gasteiger partial charge is 0.451 e. The summed E-state index contributed by atoms with van der Waals surface area (Å²) in [5.74, 6) is -1.76. The number of para-hydroxylation sites is 1. The number of nitrogens with one attached hydrogen (secondary N) is 1. The van der Waals surface area contributed by atoms with Crippen molar-refractivity contribution in [1.82, 2.24) is 4.57 Å². The second kappa shape index (κ2) is 7.73. The van der Waals surface area contributed by atoms with Gasteiger partial charge in [0.15, 0.2) is 6.10 Å². The molecule has 1 amide bonds. The summed E-state index contributed by atoms with van der Waals surface area (Å²) < 4.78 is 44.9. The molecule has 6 nitrogen and oxygen atoms in total. The number of hydrogen-bond donors (Lipinski definition) is 1. The molecular weight excluding hydrogens is 373 g/mol. The van der Waals surface area contributed by atoms with Gasteiger partial charge in [0.2, 0.25) is 0 Å². The molecule has 0 saturated carbocycles. The standard InChI is InChI=1S/C16H15F3N2O4S/c1-9-8-26-15(24)21(9)7-13(22)25-10(2)14(23)20-12-6-4-3-5-11(12)16(17,18)19/h3-6,8,10H,7H2,1-2H3,(H,20,23)/t10-/m1/s1. The average molecular weight is 388 g/mol. The molecule has 26 heavy (non-hydrogen) atoms. The average Bonchev–Trinajstić information content (AvgIpc) is 2.86. The topological polar surface area (TPSA) is 77.4 Å². The molecule has 140 valence electrons.